The number of anilines is 2. The van der Waals surface area contributed by atoms with Gasteiger partial charge in [-0.15, -0.1) is 0 Å². The predicted octanol–water partition coefficient (Wildman–Crippen LogP) is 3.13. The summed E-state index contributed by atoms with van der Waals surface area (Å²) >= 11 is 2.20. The number of halogens is 1. The van der Waals surface area contributed by atoms with Crippen LogP contribution in [0.1, 0.15) is 10.4 Å². The summed E-state index contributed by atoms with van der Waals surface area (Å²) < 4.78 is 1.08. The van der Waals surface area contributed by atoms with Crippen LogP contribution in [0.4, 0.5) is 11.4 Å². The van der Waals surface area contributed by atoms with Crippen molar-refractivity contribution >= 4 is 39.9 Å². The van der Waals surface area contributed by atoms with E-state index >= 15 is 0 Å². The van der Waals surface area contributed by atoms with Crippen molar-refractivity contribution in [2.24, 2.45) is 0 Å². The number of nitrogens with zero attached hydrogens (tertiary/aromatic N) is 1. The lowest BCUT2D eigenvalue weighted by atomic mass is 10.2. The lowest BCUT2D eigenvalue weighted by Gasteiger charge is -2.09. The van der Waals surface area contributed by atoms with E-state index in [2.05, 4.69) is 32.9 Å². The highest BCUT2D eigenvalue weighted by Gasteiger charge is 2.09. The van der Waals surface area contributed by atoms with E-state index in [0.717, 1.165) is 9.26 Å². The molecule has 5 heteroatoms. The molecule has 0 bridgehead atoms. The van der Waals surface area contributed by atoms with E-state index in [4.69, 9.17) is 5.11 Å². The van der Waals surface area contributed by atoms with Crippen LogP contribution in [-0.4, -0.2) is 16.1 Å². The highest BCUT2D eigenvalue weighted by molar-refractivity contribution is 14.1. The van der Waals surface area contributed by atoms with Crippen molar-refractivity contribution in [3.8, 4) is 0 Å². The van der Waals surface area contributed by atoms with Crippen LogP contribution in [0.5, 0.6) is 0 Å². The average Bonchev–Trinajstić information content (AvgIpc) is 2.29. The van der Waals surface area contributed by atoms with Gasteiger partial charge in [0.1, 0.15) is 5.56 Å². The van der Waals surface area contributed by atoms with E-state index in [1.807, 2.05) is 24.3 Å². The van der Waals surface area contributed by atoms with Gasteiger partial charge in [-0.25, -0.2) is 4.79 Å². The zero-order valence-electron chi connectivity index (χ0n) is 8.72. The molecular formula is C12H9IN2O2. The molecule has 2 aromatic rings. The molecule has 2 rings (SSSR count). The number of aromatic nitrogens is 1. The van der Waals surface area contributed by atoms with Crippen LogP contribution in [0.25, 0.3) is 0 Å². The summed E-state index contributed by atoms with van der Waals surface area (Å²) in [6.45, 7) is 0. The molecule has 1 aromatic heterocycles. The van der Waals surface area contributed by atoms with Crippen LogP contribution in [0.3, 0.4) is 0 Å². The standard InChI is InChI=1S/C12H9IN2O2/c13-8-2-1-3-9(6-8)15-11-4-5-14-7-10(11)12(16)17/h1-7H,(H,14,15)(H,16,17). The summed E-state index contributed by atoms with van der Waals surface area (Å²) in [7, 11) is 0. The van der Waals surface area contributed by atoms with Crippen molar-refractivity contribution < 1.29 is 9.90 Å². The second kappa shape index (κ2) is 5.13. The number of pyridine rings is 1. The van der Waals surface area contributed by atoms with Crippen LogP contribution in [0.2, 0.25) is 0 Å². The van der Waals surface area contributed by atoms with Gasteiger partial charge in [0.15, 0.2) is 0 Å². The van der Waals surface area contributed by atoms with Crippen LogP contribution < -0.4 is 5.32 Å². The van der Waals surface area contributed by atoms with Crippen LogP contribution in [0.15, 0.2) is 42.7 Å². The lowest BCUT2D eigenvalue weighted by Crippen LogP contribution is -2.03. The van der Waals surface area contributed by atoms with Gasteiger partial charge in [-0.05, 0) is 46.9 Å². The first-order chi connectivity index (χ1) is 8.16. The Morgan fingerprint density at radius 2 is 2.18 bits per heavy atom. The second-order valence-corrected chi connectivity index (χ2v) is 4.61. The number of benzene rings is 1. The molecule has 1 heterocycles. The van der Waals surface area contributed by atoms with E-state index < -0.39 is 5.97 Å². The molecular weight excluding hydrogens is 331 g/mol. The van der Waals surface area contributed by atoms with Gasteiger partial charge in [-0.3, -0.25) is 4.98 Å². The van der Waals surface area contributed by atoms with Crippen LogP contribution >= 0.6 is 22.6 Å². The molecule has 86 valence electrons. The van der Waals surface area contributed by atoms with Gasteiger partial charge in [-0.2, -0.15) is 0 Å². The number of aromatic carboxylic acids is 1. The van der Waals surface area contributed by atoms with Gasteiger partial charge >= 0.3 is 5.97 Å². The summed E-state index contributed by atoms with van der Waals surface area (Å²) in [6, 6.07) is 9.34. The predicted molar refractivity (Wildman–Crippen MR) is 73.6 cm³/mol. The number of rotatable bonds is 3. The van der Waals surface area contributed by atoms with Crippen molar-refractivity contribution in [3.63, 3.8) is 0 Å². The molecule has 0 aliphatic rings. The van der Waals surface area contributed by atoms with Crippen molar-refractivity contribution in [1.29, 1.82) is 0 Å². The Kier molecular flexibility index (Phi) is 3.58. The maximum absolute atomic E-state index is 11.0. The molecule has 4 nitrogen and oxygen atoms in total. The minimum Gasteiger partial charge on any atom is -0.478 e. The first-order valence-corrected chi connectivity index (χ1v) is 5.94. The van der Waals surface area contributed by atoms with E-state index in [1.54, 1.807) is 12.3 Å². The Morgan fingerprint density at radius 3 is 2.88 bits per heavy atom. The molecule has 0 radical (unpaired) electrons. The first-order valence-electron chi connectivity index (χ1n) is 4.87. The third-order valence-electron chi connectivity index (χ3n) is 2.16. The molecule has 0 fully saturated rings. The van der Waals surface area contributed by atoms with Crippen molar-refractivity contribution in [1.82, 2.24) is 4.98 Å². The zero-order chi connectivity index (χ0) is 12.3. The zero-order valence-corrected chi connectivity index (χ0v) is 10.9. The van der Waals surface area contributed by atoms with Gasteiger partial charge in [0.05, 0.1) is 5.69 Å². The molecule has 17 heavy (non-hydrogen) atoms. The summed E-state index contributed by atoms with van der Waals surface area (Å²) in [5, 5.41) is 12.1. The Morgan fingerprint density at radius 1 is 1.35 bits per heavy atom. The van der Waals surface area contributed by atoms with E-state index in [0.29, 0.717) is 5.69 Å². The summed E-state index contributed by atoms with van der Waals surface area (Å²) in [5.41, 5.74) is 1.55. The smallest absolute Gasteiger partial charge is 0.339 e. The van der Waals surface area contributed by atoms with E-state index in [-0.39, 0.29) is 5.56 Å². The minimum absolute atomic E-state index is 0.159. The summed E-state index contributed by atoms with van der Waals surface area (Å²) in [4.78, 5) is 14.8. The van der Waals surface area contributed by atoms with Crippen LogP contribution in [-0.2, 0) is 0 Å². The summed E-state index contributed by atoms with van der Waals surface area (Å²) in [5.74, 6) is -0.994. The third-order valence-corrected chi connectivity index (χ3v) is 2.83. The molecule has 0 unspecified atom stereocenters. The number of hydrogen-bond donors (Lipinski definition) is 2. The van der Waals surface area contributed by atoms with Gasteiger partial charge < -0.3 is 10.4 Å². The fourth-order valence-electron chi connectivity index (χ4n) is 1.40. The molecule has 2 N–H and O–H groups in total. The average molecular weight is 340 g/mol. The minimum atomic E-state index is -0.994. The number of carbonyl (C=O) groups is 1. The maximum atomic E-state index is 11.0. The van der Waals surface area contributed by atoms with Gasteiger partial charge in [0, 0.05) is 21.7 Å². The third kappa shape index (κ3) is 2.94. The first kappa shape index (κ1) is 11.8. The quantitative estimate of drug-likeness (QED) is 0.843. The van der Waals surface area contributed by atoms with E-state index in [9.17, 15) is 4.79 Å². The van der Waals surface area contributed by atoms with Crippen molar-refractivity contribution in [3.05, 3.63) is 51.9 Å². The van der Waals surface area contributed by atoms with Crippen molar-refractivity contribution in [2.75, 3.05) is 5.32 Å². The van der Waals surface area contributed by atoms with Gasteiger partial charge in [0.2, 0.25) is 0 Å². The number of nitrogens with one attached hydrogen (secondary N) is 1. The number of carboxylic acids is 1. The lowest BCUT2D eigenvalue weighted by molar-refractivity contribution is 0.0697. The highest BCUT2D eigenvalue weighted by Crippen LogP contribution is 2.21. The molecule has 0 amide bonds. The highest BCUT2D eigenvalue weighted by atomic mass is 127. The second-order valence-electron chi connectivity index (χ2n) is 3.36. The SMILES string of the molecule is O=C(O)c1cnccc1Nc1cccc(I)c1. The molecule has 0 atom stereocenters. The molecule has 0 saturated carbocycles. The molecule has 1 aromatic carbocycles. The topological polar surface area (TPSA) is 62.2 Å². The summed E-state index contributed by atoms with van der Waals surface area (Å²) in [6.07, 6.45) is 2.89. The van der Waals surface area contributed by atoms with E-state index in [1.165, 1.54) is 6.20 Å². The number of hydrogen-bond acceptors (Lipinski definition) is 3. The fraction of sp³-hybridized carbons (Fsp3) is 0. The monoisotopic (exact) mass is 340 g/mol. The largest absolute Gasteiger partial charge is 0.478 e. The Bertz CT molecular complexity index is 558. The van der Waals surface area contributed by atoms with Crippen LogP contribution in [0, 0.1) is 3.57 Å². The van der Waals surface area contributed by atoms with Crippen molar-refractivity contribution in [2.45, 2.75) is 0 Å². The normalized spacial score (nSPS) is 9.94. The molecule has 0 aliphatic carbocycles. The molecule has 0 aliphatic heterocycles. The fourth-order valence-corrected chi connectivity index (χ4v) is 1.94. The number of carboxylic acid groups (broad SMARTS) is 1. The Labute approximate surface area is 112 Å². The Hall–Kier alpha value is -1.63. The maximum Gasteiger partial charge on any atom is 0.339 e. The van der Waals surface area contributed by atoms with Gasteiger partial charge in [-0.1, -0.05) is 6.07 Å². The van der Waals surface area contributed by atoms with Gasteiger partial charge in [0.25, 0.3) is 0 Å². The Balaban J connectivity index is 2.33. The molecule has 0 saturated heterocycles. The molecule has 0 spiro atoms.